The van der Waals surface area contributed by atoms with Crippen LogP contribution in [0.5, 0.6) is 11.5 Å². The highest BCUT2D eigenvalue weighted by Crippen LogP contribution is 2.24. The maximum atomic E-state index is 12.4. The minimum absolute atomic E-state index is 0.0387. The molecule has 6 N–H and O–H groups in total. The van der Waals surface area contributed by atoms with Crippen molar-refractivity contribution in [1.82, 2.24) is 0 Å². The van der Waals surface area contributed by atoms with Gasteiger partial charge in [0, 0.05) is 16.9 Å². The van der Waals surface area contributed by atoms with E-state index in [1.807, 2.05) is 0 Å². The molecule has 8 nitrogen and oxygen atoms in total. The maximum absolute atomic E-state index is 12.4. The first kappa shape index (κ1) is 19.4. The van der Waals surface area contributed by atoms with Crippen LogP contribution in [-0.4, -0.2) is 27.9 Å². The van der Waals surface area contributed by atoms with Crippen LogP contribution in [0.1, 0.15) is 31.1 Å². The molecule has 0 heterocycles. The fraction of sp³-hybridized carbons (Fsp3) is 0. The number of carbonyl (C=O) groups is 3. The van der Waals surface area contributed by atoms with Crippen molar-refractivity contribution in [2.24, 2.45) is 5.73 Å². The van der Waals surface area contributed by atoms with Crippen LogP contribution in [0.25, 0.3) is 0 Å². The van der Waals surface area contributed by atoms with Gasteiger partial charge in [0.2, 0.25) is 5.91 Å². The molecule has 0 saturated carbocycles. The molecule has 0 aliphatic rings. The van der Waals surface area contributed by atoms with Crippen molar-refractivity contribution >= 4 is 29.1 Å². The Balaban J connectivity index is 1.89. The third kappa shape index (κ3) is 4.51. The van der Waals surface area contributed by atoms with Crippen molar-refractivity contribution in [3.63, 3.8) is 0 Å². The molecule has 0 saturated heterocycles. The molecule has 146 valence electrons. The zero-order chi connectivity index (χ0) is 21.0. The van der Waals surface area contributed by atoms with Crippen LogP contribution in [0.3, 0.4) is 0 Å². The zero-order valence-electron chi connectivity index (χ0n) is 15.0. The van der Waals surface area contributed by atoms with Gasteiger partial charge in [-0.3, -0.25) is 14.4 Å². The van der Waals surface area contributed by atoms with E-state index in [2.05, 4.69) is 10.6 Å². The molecule has 29 heavy (non-hydrogen) atoms. The van der Waals surface area contributed by atoms with E-state index in [0.29, 0.717) is 0 Å². The number of phenols is 2. The minimum atomic E-state index is -0.762. The summed E-state index contributed by atoms with van der Waals surface area (Å²) in [5.41, 5.74) is 5.83. The van der Waals surface area contributed by atoms with Gasteiger partial charge < -0.3 is 26.6 Å². The van der Waals surface area contributed by atoms with Gasteiger partial charge in [-0.2, -0.15) is 0 Å². The first-order valence-electron chi connectivity index (χ1n) is 8.49. The second-order valence-electron chi connectivity index (χ2n) is 6.11. The number of anilines is 2. The summed E-state index contributed by atoms with van der Waals surface area (Å²) in [7, 11) is 0. The number of carbonyl (C=O) groups excluding carboxylic acids is 3. The summed E-state index contributed by atoms with van der Waals surface area (Å²) in [6.07, 6.45) is 0. The number of primary amides is 1. The highest BCUT2D eigenvalue weighted by Gasteiger charge is 2.15. The lowest BCUT2D eigenvalue weighted by Crippen LogP contribution is -2.17. The Labute approximate surface area is 165 Å². The number of benzene rings is 3. The first-order valence-corrected chi connectivity index (χ1v) is 8.49. The first-order chi connectivity index (χ1) is 13.8. The van der Waals surface area contributed by atoms with E-state index in [4.69, 9.17) is 5.73 Å². The van der Waals surface area contributed by atoms with Crippen LogP contribution in [0.2, 0.25) is 0 Å². The van der Waals surface area contributed by atoms with Crippen molar-refractivity contribution < 1.29 is 24.6 Å². The van der Waals surface area contributed by atoms with Crippen molar-refractivity contribution in [3.8, 4) is 11.5 Å². The molecule has 3 rings (SSSR count). The van der Waals surface area contributed by atoms with Gasteiger partial charge in [0.15, 0.2) is 0 Å². The van der Waals surface area contributed by atoms with Gasteiger partial charge >= 0.3 is 0 Å². The molecule has 0 bridgehead atoms. The van der Waals surface area contributed by atoms with E-state index < -0.39 is 17.7 Å². The number of hydrogen-bond donors (Lipinski definition) is 5. The normalized spacial score (nSPS) is 10.2. The largest absolute Gasteiger partial charge is 0.507 e. The van der Waals surface area contributed by atoms with E-state index >= 15 is 0 Å². The van der Waals surface area contributed by atoms with Gasteiger partial charge in [-0.05, 0) is 42.5 Å². The summed E-state index contributed by atoms with van der Waals surface area (Å²) in [6.45, 7) is 0. The molecular weight excluding hydrogens is 374 g/mol. The molecular formula is C21H17N3O5. The summed E-state index contributed by atoms with van der Waals surface area (Å²) < 4.78 is 0. The maximum Gasteiger partial charge on any atom is 0.259 e. The second-order valence-corrected chi connectivity index (χ2v) is 6.11. The van der Waals surface area contributed by atoms with E-state index in [1.54, 1.807) is 24.3 Å². The molecule has 3 amide bonds. The Hall–Kier alpha value is -4.33. The SMILES string of the molecule is NC(=O)c1cc(NC(=O)c2ccccc2O)cc(NC(=O)c2ccccc2O)c1. The molecule has 0 atom stereocenters. The topological polar surface area (TPSA) is 142 Å². The van der Waals surface area contributed by atoms with Crippen LogP contribution in [0, 0.1) is 0 Å². The van der Waals surface area contributed by atoms with E-state index in [1.165, 1.54) is 42.5 Å². The molecule has 3 aromatic rings. The van der Waals surface area contributed by atoms with Gasteiger partial charge in [-0.15, -0.1) is 0 Å². The quantitative estimate of drug-likeness (QED) is 0.455. The Morgan fingerprint density at radius 2 is 1.10 bits per heavy atom. The molecule has 0 aliphatic carbocycles. The smallest absolute Gasteiger partial charge is 0.259 e. The Kier molecular flexibility index (Phi) is 5.45. The van der Waals surface area contributed by atoms with E-state index in [9.17, 15) is 24.6 Å². The molecule has 0 aromatic heterocycles. The van der Waals surface area contributed by atoms with Crippen molar-refractivity contribution in [1.29, 1.82) is 0 Å². The van der Waals surface area contributed by atoms with Crippen molar-refractivity contribution in [2.75, 3.05) is 10.6 Å². The Morgan fingerprint density at radius 3 is 1.48 bits per heavy atom. The van der Waals surface area contributed by atoms with Crippen molar-refractivity contribution in [2.45, 2.75) is 0 Å². The van der Waals surface area contributed by atoms with Crippen LogP contribution in [0.15, 0.2) is 66.7 Å². The second kappa shape index (κ2) is 8.13. The fourth-order valence-electron chi connectivity index (χ4n) is 2.64. The third-order valence-corrected chi connectivity index (χ3v) is 4.03. The number of phenolic OH excluding ortho intramolecular Hbond substituents is 2. The summed E-state index contributed by atoms with van der Waals surface area (Å²) >= 11 is 0. The standard InChI is InChI=1S/C21H17N3O5/c22-19(27)12-9-13(23-20(28)15-5-1-3-7-17(15)25)11-14(10-12)24-21(29)16-6-2-4-8-18(16)26/h1-11,25-26H,(H2,22,27)(H,23,28)(H,24,29). The summed E-state index contributed by atoms with van der Waals surface area (Å²) in [6, 6.07) is 16.0. The number of hydrogen-bond acceptors (Lipinski definition) is 5. The minimum Gasteiger partial charge on any atom is -0.507 e. The number of para-hydroxylation sites is 2. The van der Waals surface area contributed by atoms with Crippen LogP contribution in [0.4, 0.5) is 11.4 Å². The van der Waals surface area contributed by atoms with Crippen LogP contribution in [-0.2, 0) is 0 Å². The van der Waals surface area contributed by atoms with E-state index in [-0.39, 0.29) is 39.6 Å². The molecule has 8 heteroatoms. The zero-order valence-corrected chi connectivity index (χ0v) is 15.0. The van der Waals surface area contributed by atoms with Gasteiger partial charge in [0.25, 0.3) is 11.8 Å². The molecule has 0 radical (unpaired) electrons. The number of nitrogens with one attached hydrogen (secondary N) is 2. The number of amides is 3. The average molecular weight is 391 g/mol. The van der Waals surface area contributed by atoms with Gasteiger partial charge in [-0.25, -0.2) is 0 Å². The average Bonchev–Trinajstić information content (AvgIpc) is 2.68. The highest BCUT2D eigenvalue weighted by molar-refractivity contribution is 6.09. The molecule has 3 aromatic carbocycles. The predicted molar refractivity (Wildman–Crippen MR) is 107 cm³/mol. The summed E-state index contributed by atoms with van der Waals surface area (Å²) in [4.78, 5) is 36.5. The monoisotopic (exact) mass is 391 g/mol. The number of nitrogens with two attached hydrogens (primary N) is 1. The highest BCUT2D eigenvalue weighted by atomic mass is 16.3. The van der Waals surface area contributed by atoms with Gasteiger partial charge in [0.05, 0.1) is 11.1 Å². The lowest BCUT2D eigenvalue weighted by Gasteiger charge is -2.12. The molecule has 0 unspecified atom stereocenters. The molecule has 0 spiro atoms. The fourth-order valence-corrected chi connectivity index (χ4v) is 2.64. The lowest BCUT2D eigenvalue weighted by atomic mass is 10.1. The Bertz CT molecular complexity index is 1030. The van der Waals surface area contributed by atoms with Gasteiger partial charge in [-0.1, -0.05) is 24.3 Å². The molecule has 0 aliphatic heterocycles. The Morgan fingerprint density at radius 1 is 0.690 bits per heavy atom. The van der Waals surface area contributed by atoms with Crippen LogP contribution >= 0.6 is 0 Å². The number of rotatable bonds is 5. The lowest BCUT2D eigenvalue weighted by molar-refractivity contribution is 0.0993. The summed E-state index contributed by atoms with van der Waals surface area (Å²) in [5, 5.41) is 24.7. The van der Waals surface area contributed by atoms with Crippen molar-refractivity contribution in [3.05, 3.63) is 83.4 Å². The number of aromatic hydroxyl groups is 2. The summed E-state index contributed by atoms with van der Waals surface area (Å²) in [5.74, 6) is -2.39. The predicted octanol–water partition coefficient (Wildman–Crippen LogP) is 2.70. The van der Waals surface area contributed by atoms with Gasteiger partial charge in [0.1, 0.15) is 11.5 Å². The third-order valence-electron chi connectivity index (χ3n) is 4.03. The molecule has 0 fully saturated rings. The van der Waals surface area contributed by atoms with Crippen LogP contribution < -0.4 is 16.4 Å². The van der Waals surface area contributed by atoms with E-state index in [0.717, 1.165) is 0 Å².